The van der Waals surface area contributed by atoms with E-state index in [9.17, 15) is 4.79 Å². The van der Waals surface area contributed by atoms with Crippen LogP contribution in [0.4, 0.5) is 0 Å². The number of nitrogens with zero attached hydrogens (tertiary/aromatic N) is 1. The minimum Gasteiger partial charge on any atom is -0.341 e. The lowest BCUT2D eigenvalue weighted by Gasteiger charge is -2.25. The lowest BCUT2D eigenvalue weighted by atomic mass is 10.2. The van der Waals surface area contributed by atoms with Gasteiger partial charge in [0.2, 0.25) is 5.91 Å². The molecule has 1 aliphatic rings. The largest absolute Gasteiger partial charge is 0.341 e. The molecule has 1 fully saturated rings. The Kier molecular flexibility index (Phi) is 3.40. The monoisotopic (exact) mass is 188 g/mol. The molecule has 3 nitrogen and oxygen atoms in total. The van der Waals surface area contributed by atoms with E-state index < -0.39 is 0 Å². The summed E-state index contributed by atoms with van der Waals surface area (Å²) in [7, 11) is 1.85. The summed E-state index contributed by atoms with van der Waals surface area (Å²) in [6.45, 7) is 1.74. The highest BCUT2D eigenvalue weighted by Gasteiger charge is 2.25. The molecule has 1 heterocycles. The van der Waals surface area contributed by atoms with Crippen LogP contribution < -0.4 is 5.73 Å². The molecule has 1 amide bonds. The Morgan fingerprint density at radius 2 is 2.42 bits per heavy atom. The molecule has 0 saturated carbocycles. The molecular formula is C8H16N2OS. The van der Waals surface area contributed by atoms with Crippen LogP contribution in [0.25, 0.3) is 0 Å². The van der Waals surface area contributed by atoms with E-state index in [2.05, 4.69) is 0 Å². The number of hydrogen-bond acceptors (Lipinski definition) is 3. The smallest absolute Gasteiger partial charge is 0.239 e. The first-order valence-electron chi connectivity index (χ1n) is 4.23. The third-order valence-electron chi connectivity index (χ3n) is 2.19. The quantitative estimate of drug-likeness (QED) is 0.678. The average molecular weight is 188 g/mol. The van der Waals surface area contributed by atoms with Crippen molar-refractivity contribution in [1.82, 2.24) is 4.90 Å². The number of likely N-dealkylation sites (N-methyl/N-ethyl adjacent to an activating group) is 1. The van der Waals surface area contributed by atoms with Crippen LogP contribution in [-0.2, 0) is 4.79 Å². The van der Waals surface area contributed by atoms with Crippen molar-refractivity contribution < 1.29 is 4.79 Å². The first-order chi connectivity index (χ1) is 5.63. The van der Waals surface area contributed by atoms with Gasteiger partial charge in [-0.2, -0.15) is 11.8 Å². The molecule has 0 aromatic rings. The van der Waals surface area contributed by atoms with Crippen LogP contribution in [-0.4, -0.2) is 41.4 Å². The van der Waals surface area contributed by atoms with Crippen LogP contribution in [0.3, 0.4) is 0 Å². The lowest BCUT2D eigenvalue weighted by Crippen LogP contribution is -2.45. The maximum Gasteiger partial charge on any atom is 0.239 e. The van der Waals surface area contributed by atoms with Gasteiger partial charge in [-0.3, -0.25) is 4.79 Å². The minimum atomic E-state index is -0.361. The summed E-state index contributed by atoms with van der Waals surface area (Å²) >= 11 is 1.90. The Balaban J connectivity index is 2.45. The van der Waals surface area contributed by atoms with Crippen molar-refractivity contribution in [3.63, 3.8) is 0 Å². The molecule has 0 aromatic heterocycles. The molecule has 12 heavy (non-hydrogen) atoms. The van der Waals surface area contributed by atoms with E-state index in [4.69, 9.17) is 5.73 Å². The molecule has 4 heteroatoms. The van der Waals surface area contributed by atoms with Crippen LogP contribution in [0, 0.1) is 0 Å². The molecule has 0 aromatic carbocycles. The Labute approximate surface area is 77.7 Å². The number of carbonyl (C=O) groups excluding carboxylic acids is 1. The third-order valence-corrected chi connectivity index (χ3v) is 3.34. The van der Waals surface area contributed by atoms with Crippen molar-refractivity contribution in [3.05, 3.63) is 0 Å². The van der Waals surface area contributed by atoms with E-state index in [0.29, 0.717) is 6.04 Å². The zero-order valence-corrected chi connectivity index (χ0v) is 8.43. The van der Waals surface area contributed by atoms with Crippen molar-refractivity contribution in [1.29, 1.82) is 0 Å². The van der Waals surface area contributed by atoms with E-state index in [-0.39, 0.29) is 11.9 Å². The van der Waals surface area contributed by atoms with Crippen LogP contribution in [0.2, 0.25) is 0 Å². The number of carbonyl (C=O) groups is 1. The fourth-order valence-corrected chi connectivity index (χ4v) is 2.60. The molecule has 0 spiro atoms. The van der Waals surface area contributed by atoms with Gasteiger partial charge < -0.3 is 10.6 Å². The second-order valence-corrected chi connectivity index (χ2v) is 4.41. The zero-order valence-electron chi connectivity index (χ0n) is 7.62. The predicted molar refractivity (Wildman–Crippen MR) is 52.1 cm³/mol. The van der Waals surface area contributed by atoms with Crippen LogP contribution in [0.15, 0.2) is 0 Å². The minimum absolute atomic E-state index is 0.0579. The topological polar surface area (TPSA) is 46.3 Å². The summed E-state index contributed by atoms with van der Waals surface area (Å²) < 4.78 is 0. The molecule has 2 atom stereocenters. The SMILES string of the molecule is C[C@H](N)C(=O)N(C)[C@H]1CCSC1. The summed E-state index contributed by atoms with van der Waals surface area (Å²) in [5.74, 6) is 2.29. The fourth-order valence-electron chi connectivity index (χ4n) is 1.33. The number of nitrogens with two attached hydrogens (primary N) is 1. The summed E-state index contributed by atoms with van der Waals surface area (Å²) in [4.78, 5) is 13.2. The zero-order chi connectivity index (χ0) is 9.14. The molecule has 2 N–H and O–H groups in total. The van der Waals surface area contributed by atoms with Crippen molar-refractivity contribution in [3.8, 4) is 0 Å². The Bertz CT molecular complexity index is 166. The van der Waals surface area contributed by atoms with Gasteiger partial charge in [-0.05, 0) is 19.1 Å². The fraction of sp³-hybridized carbons (Fsp3) is 0.875. The van der Waals surface area contributed by atoms with Crippen molar-refractivity contribution >= 4 is 17.7 Å². The van der Waals surface area contributed by atoms with E-state index in [1.807, 2.05) is 18.8 Å². The highest BCUT2D eigenvalue weighted by molar-refractivity contribution is 7.99. The molecule has 0 aliphatic carbocycles. The number of hydrogen-bond donors (Lipinski definition) is 1. The Morgan fingerprint density at radius 1 is 1.75 bits per heavy atom. The van der Waals surface area contributed by atoms with Gasteiger partial charge in [-0.15, -0.1) is 0 Å². The van der Waals surface area contributed by atoms with Crippen molar-refractivity contribution in [2.45, 2.75) is 25.4 Å². The number of rotatable bonds is 2. The first-order valence-corrected chi connectivity index (χ1v) is 5.38. The highest BCUT2D eigenvalue weighted by Crippen LogP contribution is 2.21. The van der Waals surface area contributed by atoms with Gasteiger partial charge >= 0.3 is 0 Å². The van der Waals surface area contributed by atoms with Gasteiger partial charge in [0.15, 0.2) is 0 Å². The van der Waals surface area contributed by atoms with Crippen LogP contribution >= 0.6 is 11.8 Å². The van der Waals surface area contributed by atoms with Crippen molar-refractivity contribution in [2.24, 2.45) is 5.73 Å². The van der Waals surface area contributed by atoms with Gasteiger partial charge in [0.1, 0.15) is 0 Å². The van der Waals surface area contributed by atoms with Gasteiger partial charge in [0, 0.05) is 18.8 Å². The molecule has 1 saturated heterocycles. The van der Waals surface area contributed by atoms with Gasteiger partial charge in [-0.25, -0.2) is 0 Å². The summed E-state index contributed by atoms with van der Waals surface area (Å²) in [5.41, 5.74) is 5.51. The summed E-state index contributed by atoms with van der Waals surface area (Å²) in [5, 5.41) is 0. The molecule has 1 rings (SSSR count). The van der Waals surface area contributed by atoms with Gasteiger partial charge in [0.25, 0.3) is 0 Å². The first kappa shape index (κ1) is 9.86. The normalized spacial score (nSPS) is 25.4. The molecule has 0 radical (unpaired) electrons. The predicted octanol–water partition coefficient (Wildman–Crippen LogP) is 0.298. The molecule has 0 bridgehead atoms. The Hall–Kier alpha value is -0.220. The average Bonchev–Trinajstić information content (AvgIpc) is 2.53. The second-order valence-electron chi connectivity index (χ2n) is 3.26. The van der Waals surface area contributed by atoms with E-state index in [1.54, 1.807) is 11.8 Å². The standard InChI is InChI=1S/C8H16N2OS/c1-6(9)8(11)10(2)7-3-4-12-5-7/h6-7H,3-5,9H2,1-2H3/t6-,7-/m0/s1. The number of thioether (sulfide) groups is 1. The molecular weight excluding hydrogens is 172 g/mol. The van der Waals surface area contributed by atoms with E-state index in [1.165, 1.54) is 5.75 Å². The van der Waals surface area contributed by atoms with Crippen LogP contribution in [0.5, 0.6) is 0 Å². The molecule has 0 unspecified atom stereocenters. The second kappa shape index (κ2) is 4.14. The van der Waals surface area contributed by atoms with E-state index in [0.717, 1.165) is 12.2 Å². The van der Waals surface area contributed by atoms with Gasteiger partial charge in [-0.1, -0.05) is 0 Å². The van der Waals surface area contributed by atoms with Crippen molar-refractivity contribution in [2.75, 3.05) is 18.6 Å². The maximum absolute atomic E-state index is 11.4. The molecule has 70 valence electrons. The van der Waals surface area contributed by atoms with Gasteiger partial charge in [0.05, 0.1) is 6.04 Å². The Morgan fingerprint density at radius 3 is 2.83 bits per heavy atom. The summed E-state index contributed by atoms with van der Waals surface area (Å²) in [6.07, 6.45) is 1.11. The maximum atomic E-state index is 11.4. The van der Waals surface area contributed by atoms with E-state index >= 15 is 0 Å². The highest BCUT2D eigenvalue weighted by atomic mass is 32.2. The number of amides is 1. The summed E-state index contributed by atoms with van der Waals surface area (Å²) in [6, 6.07) is 0.0501. The third kappa shape index (κ3) is 2.14. The molecule has 1 aliphatic heterocycles. The lowest BCUT2D eigenvalue weighted by molar-refractivity contribution is -0.132. The van der Waals surface area contributed by atoms with Crippen LogP contribution in [0.1, 0.15) is 13.3 Å².